The first-order valence-electron chi connectivity index (χ1n) is 4.50. The molecule has 1 aliphatic heterocycles. The van der Waals surface area contributed by atoms with Crippen LogP contribution in [0.25, 0.3) is 0 Å². The van der Waals surface area contributed by atoms with Gasteiger partial charge in [0.25, 0.3) is 0 Å². The molecule has 8 nitrogen and oxygen atoms in total. The van der Waals surface area contributed by atoms with Crippen molar-refractivity contribution in [1.82, 2.24) is 13.9 Å². The summed E-state index contributed by atoms with van der Waals surface area (Å²) in [5.41, 5.74) is -1.55. The minimum atomic E-state index is -1.23. The number of carboxylic acid groups (broad SMARTS) is 1. The zero-order valence-electron chi connectivity index (χ0n) is 8.11. The maximum atomic E-state index is 11.6. The molecule has 86 valence electrons. The number of aromatic nitrogens is 3. The number of fused-ring (bicyclic) bond motifs is 1. The van der Waals surface area contributed by atoms with Gasteiger partial charge in [-0.05, 0) is 0 Å². The Morgan fingerprint density at radius 3 is 2.69 bits per heavy atom. The summed E-state index contributed by atoms with van der Waals surface area (Å²) in [5.74, 6) is -1.23. The Morgan fingerprint density at radius 2 is 2.12 bits per heavy atom. The molecule has 1 atom stereocenters. The van der Waals surface area contributed by atoms with E-state index in [-0.39, 0.29) is 6.54 Å². The zero-order valence-corrected chi connectivity index (χ0v) is 8.11. The van der Waals surface area contributed by atoms with Gasteiger partial charge in [-0.15, -0.1) is 0 Å². The summed E-state index contributed by atoms with van der Waals surface area (Å²) in [4.78, 5) is 34.1. The molecule has 16 heavy (non-hydrogen) atoms. The maximum absolute atomic E-state index is 11.6. The predicted octanol–water partition coefficient (Wildman–Crippen LogP) is -2.04. The predicted molar refractivity (Wildman–Crippen MR) is 51.0 cm³/mol. The minimum absolute atomic E-state index is 0.116. The first-order valence-corrected chi connectivity index (χ1v) is 4.50. The van der Waals surface area contributed by atoms with Crippen LogP contribution in [0.2, 0.25) is 0 Å². The molecule has 1 aromatic rings. The van der Waals surface area contributed by atoms with Gasteiger partial charge in [-0.2, -0.15) is 0 Å². The first kappa shape index (κ1) is 10.4. The molecule has 0 saturated carbocycles. The number of hydrogen-bond acceptors (Lipinski definition) is 4. The molecular weight excluding hydrogens is 218 g/mol. The highest BCUT2D eigenvalue weighted by atomic mass is 16.4. The normalized spacial score (nSPS) is 18.4. The fraction of sp³-hybridized carbons (Fsp3) is 0.375. The molecule has 1 aromatic heterocycles. The number of carboxylic acids is 1. The molecule has 2 rings (SSSR count). The van der Waals surface area contributed by atoms with Crippen LogP contribution in [0.15, 0.2) is 21.7 Å². The fourth-order valence-corrected chi connectivity index (χ4v) is 1.65. The summed E-state index contributed by atoms with van der Waals surface area (Å²) in [6, 6.07) is -1.21. The maximum Gasteiger partial charge on any atom is 0.350 e. The van der Waals surface area contributed by atoms with Crippen LogP contribution in [-0.4, -0.2) is 30.1 Å². The Labute approximate surface area is 88.2 Å². The van der Waals surface area contributed by atoms with Crippen LogP contribution in [0, 0.1) is 0 Å². The van der Waals surface area contributed by atoms with Crippen molar-refractivity contribution in [3.63, 3.8) is 0 Å². The van der Waals surface area contributed by atoms with E-state index >= 15 is 0 Å². The minimum Gasteiger partial charge on any atom is -0.479 e. The lowest BCUT2D eigenvalue weighted by Crippen LogP contribution is -2.36. The van der Waals surface area contributed by atoms with E-state index in [1.54, 1.807) is 0 Å². The average Bonchev–Trinajstić information content (AvgIpc) is 2.51. The van der Waals surface area contributed by atoms with Crippen molar-refractivity contribution < 1.29 is 15.0 Å². The zero-order chi connectivity index (χ0) is 11.9. The van der Waals surface area contributed by atoms with Gasteiger partial charge in [0, 0.05) is 0 Å². The van der Waals surface area contributed by atoms with Crippen molar-refractivity contribution in [3.05, 3.63) is 33.1 Å². The van der Waals surface area contributed by atoms with Gasteiger partial charge in [0.05, 0.1) is 6.54 Å². The van der Waals surface area contributed by atoms with Crippen LogP contribution in [-0.2, 0) is 18.1 Å². The van der Waals surface area contributed by atoms with Gasteiger partial charge >= 0.3 is 17.3 Å². The molecule has 1 aliphatic rings. The van der Waals surface area contributed by atoms with Gasteiger partial charge in [-0.25, -0.2) is 28.3 Å². The lowest BCUT2D eigenvalue weighted by Gasteiger charge is -2.16. The van der Waals surface area contributed by atoms with E-state index in [2.05, 4.69) is 0 Å². The van der Waals surface area contributed by atoms with Crippen molar-refractivity contribution in [2.75, 3.05) is 0 Å². The van der Waals surface area contributed by atoms with E-state index in [0.717, 1.165) is 9.36 Å². The standard InChI is InChI=1S/C8H9N3O5/c12-4-9-7(15)10-3-1-2-5(6(13)14)11(10)8(9)16/h1-2,5,12H,3-4H2,(H,13,14). The summed E-state index contributed by atoms with van der Waals surface area (Å²) in [7, 11) is 0. The number of carbonyl (C=O) groups is 1. The second-order valence-electron chi connectivity index (χ2n) is 3.27. The molecule has 0 bridgehead atoms. The number of aliphatic carboxylic acids is 1. The van der Waals surface area contributed by atoms with Crippen LogP contribution >= 0.6 is 0 Å². The summed E-state index contributed by atoms with van der Waals surface area (Å²) in [6.07, 6.45) is 2.81. The van der Waals surface area contributed by atoms with Crippen LogP contribution in [0.3, 0.4) is 0 Å². The summed E-state index contributed by atoms with van der Waals surface area (Å²) in [5, 5.41) is 17.7. The quantitative estimate of drug-likeness (QED) is 0.566. The van der Waals surface area contributed by atoms with E-state index in [0.29, 0.717) is 4.57 Å². The van der Waals surface area contributed by atoms with E-state index in [4.69, 9.17) is 10.2 Å². The fourth-order valence-electron chi connectivity index (χ4n) is 1.65. The van der Waals surface area contributed by atoms with Crippen LogP contribution in [0.5, 0.6) is 0 Å². The number of rotatable bonds is 2. The van der Waals surface area contributed by atoms with Crippen molar-refractivity contribution >= 4 is 5.97 Å². The van der Waals surface area contributed by atoms with Gasteiger partial charge in [0.15, 0.2) is 6.04 Å². The second-order valence-corrected chi connectivity index (χ2v) is 3.27. The molecule has 2 N–H and O–H groups in total. The Kier molecular flexibility index (Phi) is 2.27. The molecule has 0 aromatic carbocycles. The highest BCUT2D eigenvalue weighted by Crippen LogP contribution is 2.09. The van der Waals surface area contributed by atoms with E-state index < -0.39 is 30.1 Å². The summed E-state index contributed by atoms with van der Waals surface area (Å²) >= 11 is 0. The Balaban J connectivity index is 2.74. The Morgan fingerprint density at radius 1 is 1.44 bits per heavy atom. The molecule has 2 heterocycles. The molecule has 0 aliphatic carbocycles. The van der Waals surface area contributed by atoms with Crippen molar-refractivity contribution in [3.8, 4) is 0 Å². The SMILES string of the molecule is O=C(O)C1C=CCn2c(=O)n(CO)c(=O)n21. The molecule has 0 amide bonds. The summed E-state index contributed by atoms with van der Waals surface area (Å²) in [6.45, 7) is -0.651. The molecule has 8 heteroatoms. The summed E-state index contributed by atoms with van der Waals surface area (Å²) < 4.78 is 2.38. The number of aliphatic hydroxyl groups is 1. The highest BCUT2D eigenvalue weighted by Gasteiger charge is 2.27. The van der Waals surface area contributed by atoms with E-state index in [1.807, 2.05) is 0 Å². The topological polar surface area (TPSA) is 106 Å². The van der Waals surface area contributed by atoms with Gasteiger partial charge in [0.1, 0.15) is 6.73 Å². The molecule has 0 spiro atoms. The van der Waals surface area contributed by atoms with Gasteiger partial charge in [-0.3, -0.25) is 0 Å². The second kappa shape index (κ2) is 3.49. The Hall–Kier alpha value is -2.09. The van der Waals surface area contributed by atoms with E-state index in [1.165, 1.54) is 12.2 Å². The van der Waals surface area contributed by atoms with Crippen molar-refractivity contribution in [2.45, 2.75) is 19.3 Å². The average molecular weight is 227 g/mol. The van der Waals surface area contributed by atoms with Crippen molar-refractivity contribution in [2.24, 2.45) is 0 Å². The highest BCUT2D eigenvalue weighted by molar-refractivity contribution is 5.74. The molecule has 0 fully saturated rings. The molecule has 0 radical (unpaired) electrons. The largest absolute Gasteiger partial charge is 0.479 e. The number of nitrogens with zero attached hydrogens (tertiary/aromatic N) is 3. The van der Waals surface area contributed by atoms with Crippen LogP contribution in [0.4, 0.5) is 0 Å². The van der Waals surface area contributed by atoms with Gasteiger partial charge in [0.2, 0.25) is 0 Å². The van der Waals surface area contributed by atoms with E-state index in [9.17, 15) is 14.4 Å². The monoisotopic (exact) mass is 227 g/mol. The molecule has 0 saturated heterocycles. The molecule has 1 unspecified atom stereocenters. The first-order chi connectivity index (χ1) is 7.57. The molecular formula is C8H9N3O5. The third-order valence-electron chi connectivity index (χ3n) is 2.39. The number of aliphatic hydroxyl groups excluding tert-OH is 1. The lowest BCUT2D eigenvalue weighted by molar-refractivity contribution is -0.140. The number of allylic oxidation sites excluding steroid dienone is 1. The third kappa shape index (κ3) is 1.23. The lowest BCUT2D eigenvalue weighted by atomic mass is 10.2. The van der Waals surface area contributed by atoms with Crippen LogP contribution < -0.4 is 11.4 Å². The van der Waals surface area contributed by atoms with Crippen molar-refractivity contribution in [1.29, 1.82) is 0 Å². The Bertz CT molecular complexity index is 575. The number of hydrogen-bond donors (Lipinski definition) is 2. The van der Waals surface area contributed by atoms with Gasteiger partial charge in [-0.1, -0.05) is 12.2 Å². The van der Waals surface area contributed by atoms with Gasteiger partial charge < -0.3 is 10.2 Å². The van der Waals surface area contributed by atoms with Crippen LogP contribution in [0.1, 0.15) is 6.04 Å². The third-order valence-corrected chi connectivity index (χ3v) is 2.39. The smallest absolute Gasteiger partial charge is 0.350 e.